The Labute approximate surface area is 108 Å². The highest BCUT2D eigenvalue weighted by molar-refractivity contribution is 5.77. The Bertz CT molecular complexity index is 479. The largest absolute Gasteiger partial charge is 0.480 e. The van der Waals surface area contributed by atoms with E-state index in [1.165, 1.54) is 18.0 Å². The van der Waals surface area contributed by atoms with Crippen molar-refractivity contribution in [3.63, 3.8) is 0 Å². The van der Waals surface area contributed by atoms with Gasteiger partial charge in [-0.25, -0.2) is 13.6 Å². The number of carboxylic acids is 1. The van der Waals surface area contributed by atoms with E-state index in [0.29, 0.717) is 5.56 Å². The first-order valence-corrected chi connectivity index (χ1v) is 5.37. The fraction of sp³-hybridized carbons (Fsp3) is 0.333. The maximum Gasteiger partial charge on any atom is 0.329 e. The monoisotopic (exact) mass is 273 g/mol. The molecular formula is C12H13F2NO4. The zero-order valence-electron chi connectivity index (χ0n) is 10.2. The molecule has 7 heteroatoms. The van der Waals surface area contributed by atoms with Gasteiger partial charge < -0.3 is 14.7 Å². The molecule has 104 valence electrons. The van der Waals surface area contributed by atoms with E-state index in [1.54, 1.807) is 0 Å². The number of nitrogens with zero attached hydrogens (tertiary/aromatic N) is 1. The zero-order chi connectivity index (χ0) is 14.4. The molecule has 0 atom stereocenters. The number of ether oxygens (including phenoxy) is 1. The van der Waals surface area contributed by atoms with E-state index in [2.05, 4.69) is 4.74 Å². The molecular weight excluding hydrogens is 260 g/mol. The van der Waals surface area contributed by atoms with Crippen molar-refractivity contribution < 1.29 is 28.2 Å². The van der Waals surface area contributed by atoms with E-state index in [-0.39, 0.29) is 13.2 Å². The quantitative estimate of drug-likeness (QED) is 0.840. The summed E-state index contributed by atoms with van der Waals surface area (Å²) in [5, 5.41) is 8.33. The number of halogens is 2. The number of benzene rings is 1. The Kier molecular flexibility index (Phi) is 5.37. The molecule has 0 aromatic heterocycles. The van der Waals surface area contributed by atoms with Gasteiger partial charge in [0.1, 0.15) is 13.2 Å². The highest BCUT2D eigenvalue weighted by Crippen LogP contribution is 2.10. The minimum atomic E-state index is -1.17. The maximum absolute atomic E-state index is 13.0. The molecule has 0 aliphatic heterocycles. The van der Waals surface area contributed by atoms with Crippen molar-refractivity contribution >= 4 is 11.9 Å². The van der Waals surface area contributed by atoms with Gasteiger partial charge in [-0.15, -0.1) is 0 Å². The summed E-state index contributed by atoms with van der Waals surface area (Å²) in [5.41, 5.74) is 0.424. The van der Waals surface area contributed by atoms with Gasteiger partial charge in [0, 0.05) is 13.6 Å². The summed E-state index contributed by atoms with van der Waals surface area (Å²) < 4.78 is 30.3. The first-order valence-electron chi connectivity index (χ1n) is 5.37. The van der Waals surface area contributed by atoms with Crippen molar-refractivity contribution in [2.24, 2.45) is 0 Å². The zero-order valence-corrected chi connectivity index (χ0v) is 10.2. The van der Waals surface area contributed by atoms with Crippen LogP contribution < -0.4 is 0 Å². The van der Waals surface area contributed by atoms with Crippen LogP contribution in [0, 0.1) is 11.6 Å². The second-order valence-corrected chi connectivity index (χ2v) is 3.88. The SMILES string of the molecule is CN(Cc1ccc(F)c(F)c1)C(=O)COCC(=O)O. The molecule has 0 bridgehead atoms. The minimum Gasteiger partial charge on any atom is -0.480 e. The molecule has 0 saturated carbocycles. The lowest BCUT2D eigenvalue weighted by Gasteiger charge is -2.17. The minimum absolute atomic E-state index is 0.0759. The highest BCUT2D eigenvalue weighted by Gasteiger charge is 2.11. The molecule has 5 nitrogen and oxygen atoms in total. The van der Waals surface area contributed by atoms with Crippen LogP contribution in [0.5, 0.6) is 0 Å². The fourth-order valence-corrected chi connectivity index (χ4v) is 1.34. The van der Waals surface area contributed by atoms with Gasteiger partial charge in [0.25, 0.3) is 0 Å². The molecule has 0 spiro atoms. The lowest BCUT2D eigenvalue weighted by atomic mass is 10.2. The van der Waals surface area contributed by atoms with Gasteiger partial charge in [0.05, 0.1) is 0 Å². The molecule has 1 N–H and O–H groups in total. The Hall–Kier alpha value is -2.02. The maximum atomic E-state index is 13.0. The summed E-state index contributed by atoms with van der Waals surface area (Å²) in [7, 11) is 1.45. The lowest BCUT2D eigenvalue weighted by Crippen LogP contribution is -2.30. The summed E-state index contributed by atoms with van der Waals surface area (Å²) in [6.45, 7) is -0.871. The van der Waals surface area contributed by atoms with Crippen LogP contribution >= 0.6 is 0 Å². The van der Waals surface area contributed by atoms with Crippen molar-refractivity contribution in [3.8, 4) is 0 Å². The Balaban J connectivity index is 2.49. The molecule has 0 aliphatic carbocycles. The van der Waals surface area contributed by atoms with E-state index in [1.807, 2.05) is 0 Å². The predicted molar refractivity (Wildman–Crippen MR) is 61.3 cm³/mol. The van der Waals surface area contributed by atoms with E-state index < -0.39 is 30.1 Å². The van der Waals surface area contributed by atoms with Crippen molar-refractivity contribution in [1.82, 2.24) is 4.90 Å². The summed E-state index contributed by atoms with van der Waals surface area (Å²) in [6.07, 6.45) is 0. The van der Waals surface area contributed by atoms with Crippen LogP contribution in [0.1, 0.15) is 5.56 Å². The topological polar surface area (TPSA) is 66.8 Å². The second kappa shape index (κ2) is 6.79. The van der Waals surface area contributed by atoms with Gasteiger partial charge in [-0.05, 0) is 17.7 Å². The van der Waals surface area contributed by atoms with E-state index in [9.17, 15) is 18.4 Å². The van der Waals surface area contributed by atoms with Crippen molar-refractivity contribution in [2.75, 3.05) is 20.3 Å². The number of likely N-dealkylation sites (N-methyl/N-ethyl adjacent to an activating group) is 1. The van der Waals surface area contributed by atoms with Gasteiger partial charge in [0.2, 0.25) is 5.91 Å². The molecule has 0 unspecified atom stereocenters. The lowest BCUT2D eigenvalue weighted by molar-refractivity contribution is -0.145. The number of rotatable bonds is 6. The fourth-order valence-electron chi connectivity index (χ4n) is 1.34. The number of hydrogen-bond acceptors (Lipinski definition) is 3. The molecule has 0 fully saturated rings. The number of hydrogen-bond donors (Lipinski definition) is 1. The number of carbonyl (C=O) groups is 2. The van der Waals surface area contributed by atoms with Crippen molar-refractivity contribution in [2.45, 2.75) is 6.54 Å². The van der Waals surface area contributed by atoms with E-state index >= 15 is 0 Å². The molecule has 1 amide bonds. The third kappa shape index (κ3) is 5.01. The molecule has 0 aliphatic rings. The van der Waals surface area contributed by atoms with Crippen LogP contribution in [0.4, 0.5) is 8.78 Å². The van der Waals surface area contributed by atoms with Crippen molar-refractivity contribution in [1.29, 1.82) is 0 Å². The summed E-state index contributed by atoms with van der Waals surface area (Å²) in [5.74, 6) is -3.56. The predicted octanol–water partition coefficient (Wildman–Crippen LogP) is 1.02. The number of amides is 1. The van der Waals surface area contributed by atoms with Gasteiger partial charge in [-0.1, -0.05) is 6.07 Å². The standard InChI is InChI=1S/C12H13F2NO4/c1-15(11(16)6-19-7-12(17)18)5-8-2-3-9(13)10(14)4-8/h2-4H,5-7H2,1H3,(H,17,18). The van der Waals surface area contributed by atoms with Gasteiger partial charge >= 0.3 is 5.97 Å². The van der Waals surface area contributed by atoms with Crippen LogP contribution in [-0.2, 0) is 20.9 Å². The Morgan fingerprint density at radius 3 is 2.53 bits per heavy atom. The van der Waals surface area contributed by atoms with Crippen LogP contribution in [0.25, 0.3) is 0 Å². The van der Waals surface area contributed by atoms with Crippen molar-refractivity contribution in [3.05, 3.63) is 35.4 Å². The van der Waals surface area contributed by atoms with Crippen LogP contribution in [0.2, 0.25) is 0 Å². The molecule has 0 saturated heterocycles. The Morgan fingerprint density at radius 2 is 1.95 bits per heavy atom. The number of carbonyl (C=O) groups excluding carboxylic acids is 1. The normalized spacial score (nSPS) is 10.3. The van der Waals surface area contributed by atoms with Crippen LogP contribution in [-0.4, -0.2) is 42.1 Å². The summed E-state index contributed by atoms with van der Waals surface area (Å²) >= 11 is 0. The average molecular weight is 273 g/mol. The number of carboxylic acid groups (broad SMARTS) is 1. The molecule has 0 heterocycles. The molecule has 1 aromatic rings. The molecule has 1 aromatic carbocycles. The first-order chi connectivity index (χ1) is 8.90. The second-order valence-electron chi connectivity index (χ2n) is 3.88. The van der Waals surface area contributed by atoms with Crippen LogP contribution in [0.15, 0.2) is 18.2 Å². The van der Waals surface area contributed by atoms with Gasteiger partial charge in [0.15, 0.2) is 11.6 Å². The molecule has 1 rings (SSSR count). The Morgan fingerprint density at radius 1 is 1.26 bits per heavy atom. The first kappa shape index (κ1) is 15.0. The highest BCUT2D eigenvalue weighted by atomic mass is 19.2. The van der Waals surface area contributed by atoms with Gasteiger partial charge in [-0.2, -0.15) is 0 Å². The van der Waals surface area contributed by atoms with E-state index in [4.69, 9.17) is 5.11 Å². The van der Waals surface area contributed by atoms with Gasteiger partial charge in [-0.3, -0.25) is 4.79 Å². The summed E-state index contributed by atoms with van der Waals surface area (Å²) in [6, 6.07) is 3.33. The molecule has 0 radical (unpaired) electrons. The number of aliphatic carboxylic acids is 1. The third-order valence-electron chi connectivity index (χ3n) is 2.28. The van der Waals surface area contributed by atoms with Crippen LogP contribution in [0.3, 0.4) is 0 Å². The smallest absolute Gasteiger partial charge is 0.329 e. The van der Waals surface area contributed by atoms with E-state index in [0.717, 1.165) is 12.1 Å². The third-order valence-corrected chi connectivity index (χ3v) is 2.28. The molecule has 19 heavy (non-hydrogen) atoms. The summed E-state index contributed by atoms with van der Waals surface area (Å²) in [4.78, 5) is 22.9. The average Bonchev–Trinajstić information content (AvgIpc) is 2.33.